The summed E-state index contributed by atoms with van der Waals surface area (Å²) in [6, 6.07) is 17.7. The lowest BCUT2D eigenvalue weighted by Crippen LogP contribution is -2.19. The number of thiazole rings is 1. The van der Waals surface area contributed by atoms with Gasteiger partial charge in [-0.3, -0.25) is 0 Å². The molecule has 7 heteroatoms. The summed E-state index contributed by atoms with van der Waals surface area (Å²) in [5.41, 5.74) is 4.05. The second-order valence-corrected chi connectivity index (χ2v) is 7.56. The number of benzene rings is 2. The third kappa shape index (κ3) is 4.36. The second kappa shape index (κ2) is 8.55. The van der Waals surface area contributed by atoms with Crippen molar-refractivity contribution in [1.29, 1.82) is 0 Å². The summed E-state index contributed by atoms with van der Waals surface area (Å²) in [5, 5.41) is 13.2. The molecule has 4 rings (SSSR count). The molecule has 0 spiro atoms. The van der Waals surface area contributed by atoms with Gasteiger partial charge in [0.05, 0.1) is 10.2 Å². The molecule has 0 bridgehead atoms. The highest BCUT2D eigenvalue weighted by molar-refractivity contribution is 7.21. The number of hydrogen-bond donors (Lipinski definition) is 2. The highest BCUT2D eigenvalue weighted by atomic mass is 32.1. The number of ether oxygens (including phenoxy) is 1. The third-order valence-corrected chi connectivity index (χ3v) is 5.53. The number of aliphatic hydroxyl groups excluding tert-OH is 1. The van der Waals surface area contributed by atoms with Crippen molar-refractivity contribution >= 4 is 27.4 Å². The van der Waals surface area contributed by atoms with Crippen molar-refractivity contribution in [2.24, 2.45) is 0 Å². The number of pyridine rings is 1. The van der Waals surface area contributed by atoms with Gasteiger partial charge in [0.15, 0.2) is 0 Å². The van der Waals surface area contributed by atoms with Crippen LogP contribution in [0, 0.1) is 0 Å². The number of halogens is 1. The Balaban J connectivity index is 1.54. The Morgan fingerprint density at radius 3 is 2.52 bits per heavy atom. The summed E-state index contributed by atoms with van der Waals surface area (Å²) >= 11 is 1.56. The normalized spacial score (nSPS) is 12.1. The molecule has 2 aromatic heterocycles. The van der Waals surface area contributed by atoms with Crippen LogP contribution in [0.1, 0.15) is 0 Å². The molecule has 0 aliphatic rings. The zero-order valence-electron chi connectivity index (χ0n) is 15.8. The first kappa shape index (κ1) is 19.3. The van der Waals surface area contributed by atoms with Crippen LogP contribution in [0.4, 0.5) is 10.2 Å². The molecule has 0 aliphatic heterocycles. The Bertz CT molecular complexity index is 1100. The maximum atomic E-state index is 12.4. The van der Waals surface area contributed by atoms with Crippen molar-refractivity contribution < 1.29 is 14.2 Å². The van der Waals surface area contributed by atoms with Crippen LogP contribution in [0.5, 0.6) is 5.75 Å². The van der Waals surface area contributed by atoms with E-state index in [-0.39, 0.29) is 6.61 Å². The van der Waals surface area contributed by atoms with E-state index in [1.165, 1.54) is 0 Å². The highest BCUT2D eigenvalue weighted by Gasteiger charge is 2.10. The van der Waals surface area contributed by atoms with Crippen molar-refractivity contribution in [1.82, 2.24) is 9.97 Å². The molecule has 0 unspecified atom stereocenters. The van der Waals surface area contributed by atoms with Gasteiger partial charge in [-0.25, -0.2) is 14.4 Å². The number of nitrogens with one attached hydrogen (secondary N) is 1. The molecule has 0 radical (unpaired) electrons. The topological polar surface area (TPSA) is 67.3 Å². The summed E-state index contributed by atoms with van der Waals surface area (Å²) < 4.78 is 18.8. The number of anilines is 1. The minimum atomic E-state index is -1.11. The molecule has 148 valence electrons. The van der Waals surface area contributed by atoms with Crippen LogP contribution in [-0.2, 0) is 0 Å². The predicted molar refractivity (Wildman–Crippen MR) is 115 cm³/mol. The fraction of sp³-hybridized carbons (Fsp3) is 0.182. The minimum absolute atomic E-state index is 0.0702. The zero-order chi connectivity index (χ0) is 20.2. The number of hydrogen-bond acceptors (Lipinski definition) is 6. The predicted octanol–water partition coefficient (Wildman–Crippen LogP) is 4.78. The van der Waals surface area contributed by atoms with E-state index < -0.39 is 12.8 Å². The van der Waals surface area contributed by atoms with Crippen LogP contribution in [0.3, 0.4) is 0 Å². The first-order chi connectivity index (χ1) is 14.2. The summed E-state index contributed by atoms with van der Waals surface area (Å²) in [4.78, 5) is 9.05. The molecular weight excluding hydrogens is 389 g/mol. The summed E-state index contributed by atoms with van der Waals surface area (Å²) in [7, 11) is 1.84. The Morgan fingerprint density at radius 1 is 1.07 bits per heavy atom. The van der Waals surface area contributed by atoms with Gasteiger partial charge < -0.3 is 15.2 Å². The molecule has 1 atom stereocenters. The standard InChI is InChI=1S/C22H20FN3O2S/c1-24-21-9-6-16(12-25-21)14-2-4-15(5-3-14)22-26-19-8-7-18(10-20(19)29-22)28-13-17(27)11-23/h2-10,12,17,27H,11,13H2,1H3,(H,24,25)/t17-/m0/s1. The molecule has 2 aromatic carbocycles. The van der Waals surface area contributed by atoms with E-state index in [0.29, 0.717) is 5.75 Å². The maximum absolute atomic E-state index is 12.4. The maximum Gasteiger partial charge on any atom is 0.125 e. The molecule has 2 N–H and O–H groups in total. The average molecular weight is 409 g/mol. The number of fused-ring (bicyclic) bond motifs is 1. The monoisotopic (exact) mass is 409 g/mol. The Morgan fingerprint density at radius 2 is 1.83 bits per heavy atom. The first-order valence-electron chi connectivity index (χ1n) is 9.18. The molecule has 5 nitrogen and oxygen atoms in total. The van der Waals surface area contributed by atoms with E-state index in [0.717, 1.165) is 37.7 Å². The van der Waals surface area contributed by atoms with E-state index in [1.54, 1.807) is 17.4 Å². The lowest BCUT2D eigenvalue weighted by atomic mass is 10.1. The van der Waals surface area contributed by atoms with Gasteiger partial charge in [-0.1, -0.05) is 24.3 Å². The van der Waals surface area contributed by atoms with Crippen LogP contribution in [0.15, 0.2) is 60.8 Å². The van der Waals surface area contributed by atoms with Crippen LogP contribution in [0.2, 0.25) is 0 Å². The van der Waals surface area contributed by atoms with E-state index in [4.69, 9.17) is 9.72 Å². The van der Waals surface area contributed by atoms with Crippen molar-refractivity contribution in [2.75, 3.05) is 25.6 Å². The Hall–Kier alpha value is -3.03. The molecule has 0 saturated heterocycles. The largest absolute Gasteiger partial charge is 0.491 e. The molecule has 0 fully saturated rings. The summed E-state index contributed by atoms with van der Waals surface area (Å²) in [6.07, 6.45) is 0.741. The second-order valence-electron chi connectivity index (χ2n) is 6.53. The molecule has 0 saturated carbocycles. The van der Waals surface area contributed by atoms with Gasteiger partial charge in [0.25, 0.3) is 0 Å². The van der Waals surface area contributed by atoms with Gasteiger partial charge in [-0.05, 0) is 35.9 Å². The molecule has 2 heterocycles. The molecule has 29 heavy (non-hydrogen) atoms. The lowest BCUT2D eigenvalue weighted by molar-refractivity contribution is 0.0842. The number of rotatable bonds is 7. The number of nitrogens with zero attached hydrogens (tertiary/aromatic N) is 2. The smallest absolute Gasteiger partial charge is 0.125 e. The van der Waals surface area contributed by atoms with Gasteiger partial charge in [0.2, 0.25) is 0 Å². The number of alkyl halides is 1. The fourth-order valence-corrected chi connectivity index (χ4v) is 3.87. The van der Waals surface area contributed by atoms with Crippen molar-refractivity contribution in [3.63, 3.8) is 0 Å². The van der Waals surface area contributed by atoms with Crippen LogP contribution in [0.25, 0.3) is 31.9 Å². The van der Waals surface area contributed by atoms with E-state index >= 15 is 0 Å². The van der Waals surface area contributed by atoms with Gasteiger partial charge in [0, 0.05) is 24.4 Å². The zero-order valence-corrected chi connectivity index (χ0v) is 16.6. The molecular formula is C22H20FN3O2S. The van der Waals surface area contributed by atoms with Gasteiger partial charge in [-0.2, -0.15) is 0 Å². The molecule has 4 aromatic rings. The lowest BCUT2D eigenvalue weighted by Gasteiger charge is -2.08. The van der Waals surface area contributed by atoms with Gasteiger partial charge in [0.1, 0.15) is 36.0 Å². The Labute approximate surface area is 171 Å². The Kier molecular flexibility index (Phi) is 5.69. The van der Waals surface area contributed by atoms with E-state index in [1.807, 2.05) is 49.6 Å². The number of aliphatic hydroxyl groups is 1. The summed E-state index contributed by atoms with van der Waals surface area (Å²) in [6.45, 7) is -0.891. The van der Waals surface area contributed by atoms with Gasteiger partial charge >= 0.3 is 0 Å². The third-order valence-electron chi connectivity index (χ3n) is 4.47. The first-order valence-corrected chi connectivity index (χ1v) is 10.00. The average Bonchev–Trinajstić information content (AvgIpc) is 3.21. The van der Waals surface area contributed by atoms with Crippen molar-refractivity contribution in [3.05, 3.63) is 60.8 Å². The molecule has 0 amide bonds. The highest BCUT2D eigenvalue weighted by Crippen LogP contribution is 2.33. The van der Waals surface area contributed by atoms with Crippen molar-refractivity contribution in [3.8, 4) is 27.4 Å². The minimum Gasteiger partial charge on any atom is -0.491 e. The quantitative estimate of drug-likeness (QED) is 0.460. The summed E-state index contributed by atoms with van der Waals surface area (Å²) in [5.74, 6) is 1.43. The van der Waals surface area contributed by atoms with Crippen molar-refractivity contribution in [2.45, 2.75) is 6.10 Å². The van der Waals surface area contributed by atoms with Crippen LogP contribution in [-0.4, -0.2) is 41.5 Å². The van der Waals surface area contributed by atoms with E-state index in [9.17, 15) is 9.50 Å². The van der Waals surface area contributed by atoms with Crippen LogP contribution >= 0.6 is 11.3 Å². The van der Waals surface area contributed by atoms with E-state index in [2.05, 4.69) is 22.4 Å². The SMILES string of the molecule is CNc1ccc(-c2ccc(-c3nc4ccc(OC[C@@H](O)CF)cc4s3)cc2)cn1. The van der Waals surface area contributed by atoms with Gasteiger partial charge in [-0.15, -0.1) is 11.3 Å². The fourth-order valence-electron chi connectivity index (χ4n) is 2.87. The molecule has 0 aliphatic carbocycles. The van der Waals surface area contributed by atoms with Crippen LogP contribution < -0.4 is 10.1 Å². The number of aromatic nitrogens is 2.